The van der Waals surface area contributed by atoms with Crippen LogP contribution in [0.25, 0.3) is 0 Å². The van der Waals surface area contributed by atoms with Gasteiger partial charge in [-0.3, -0.25) is 4.79 Å². The molecule has 1 aromatic carbocycles. The van der Waals surface area contributed by atoms with E-state index in [0.717, 1.165) is 6.42 Å². The molecule has 1 aliphatic rings. The number of nitrogens with one attached hydrogen (secondary N) is 1. The lowest BCUT2D eigenvalue weighted by atomic mass is 10.1. The first kappa shape index (κ1) is 18.7. The van der Waals surface area contributed by atoms with Crippen molar-refractivity contribution in [2.75, 3.05) is 19.8 Å². The average molecular weight is 344 g/mol. The van der Waals surface area contributed by atoms with Gasteiger partial charge in [-0.2, -0.15) is 5.26 Å². The molecule has 0 aliphatic heterocycles. The molecule has 6 nitrogen and oxygen atoms in total. The summed E-state index contributed by atoms with van der Waals surface area (Å²) in [6, 6.07) is 5.45. The van der Waals surface area contributed by atoms with Gasteiger partial charge in [0, 0.05) is 16.8 Å². The van der Waals surface area contributed by atoms with Crippen LogP contribution in [0.1, 0.15) is 50.4 Å². The third-order valence-electron chi connectivity index (χ3n) is 3.79. The number of benzene rings is 1. The van der Waals surface area contributed by atoms with Crippen molar-refractivity contribution in [3.8, 4) is 23.3 Å². The quantitative estimate of drug-likeness (QED) is 0.780. The van der Waals surface area contributed by atoms with Crippen LogP contribution in [0.3, 0.4) is 0 Å². The molecule has 1 aliphatic carbocycles. The van der Waals surface area contributed by atoms with Gasteiger partial charge >= 0.3 is 0 Å². The van der Waals surface area contributed by atoms with Gasteiger partial charge in [0.15, 0.2) is 11.5 Å². The Morgan fingerprint density at radius 1 is 1.08 bits per heavy atom. The third kappa shape index (κ3) is 4.44. The van der Waals surface area contributed by atoms with Gasteiger partial charge in [-0.05, 0) is 52.2 Å². The lowest BCUT2D eigenvalue weighted by Crippen LogP contribution is -2.23. The number of nitriles is 1. The number of allylic oxidation sites excluding steroid dienone is 2. The first-order valence-electron chi connectivity index (χ1n) is 8.64. The summed E-state index contributed by atoms with van der Waals surface area (Å²) in [4.78, 5) is 12.6. The number of amides is 1. The lowest BCUT2D eigenvalue weighted by Gasteiger charge is -2.17. The molecule has 2 rings (SSSR count). The molecule has 0 unspecified atom stereocenters. The van der Waals surface area contributed by atoms with Gasteiger partial charge in [0.2, 0.25) is 5.75 Å². The topological polar surface area (TPSA) is 80.6 Å². The average Bonchev–Trinajstić information content (AvgIpc) is 3.05. The van der Waals surface area contributed by atoms with Gasteiger partial charge in [-0.15, -0.1) is 0 Å². The molecule has 0 spiro atoms. The molecule has 1 aromatic rings. The Bertz CT molecular complexity index is 677. The Kier molecular flexibility index (Phi) is 6.70. The van der Waals surface area contributed by atoms with Crippen LogP contribution < -0.4 is 19.5 Å². The van der Waals surface area contributed by atoms with Crippen molar-refractivity contribution >= 4 is 5.91 Å². The second-order valence-corrected chi connectivity index (χ2v) is 5.48. The molecular formula is C19H24N2O4. The highest BCUT2D eigenvalue weighted by Gasteiger charge is 2.21. The van der Waals surface area contributed by atoms with Crippen molar-refractivity contribution in [2.45, 2.75) is 40.0 Å². The molecule has 0 radical (unpaired) electrons. The number of carbonyl (C=O) groups excluding carboxylic acids is 1. The first-order valence-corrected chi connectivity index (χ1v) is 8.64. The summed E-state index contributed by atoms with van der Waals surface area (Å²) in [5.41, 5.74) is 1.76. The SMILES string of the molecule is CCOc1cc(C(=O)NC2=C(C#N)CCC2)cc(OCC)c1OCC. The second-order valence-electron chi connectivity index (χ2n) is 5.48. The Balaban J connectivity index is 2.36. The monoisotopic (exact) mass is 344 g/mol. The summed E-state index contributed by atoms with van der Waals surface area (Å²) >= 11 is 0. The molecule has 0 saturated carbocycles. The summed E-state index contributed by atoms with van der Waals surface area (Å²) in [6.45, 7) is 6.96. The predicted octanol–water partition coefficient (Wildman–Crippen LogP) is 3.57. The summed E-state index contributed by atoms with van der Waals surface area (Å²) in [5.74, 6) is 1.16. The number of hydrogen-bond acceptors (Lipinski definition) is 5. The van der Waals surface area contributed by atoms with Crippen molar-refractivity contribution in [2.24, 2.45) is 0 Å². The maximum Gasteiger partial charge on any atom is 0.255 e. The Morgan fingerprint density at radius 3 is 2.20 bits per heavy atom. The van der Waals surface area contributed by atoms with E-state index in [0.29, 0.717) is 66.7 Å². The smallest absolute Gasteiger partial charge is 0.255 e. The maximum atomic E-state index is 12.6. The Hall–Kier alpha value is -2.68. The van der Waals surface area contributed by atoms with Crippen molar-refractivity contribution in [3.63, 3.8) is 0 Å². The van der Waals surface area contributed by atoms with Crippen LogP contribution in [0.2, 0.25) is 0 Å². The minimum absolute atomic E-state index is 0.283. The van der Waals surface area contributed by atoms with E-state index < -0.39 is 0 Å². The van der Waals surface area contributed by atoms with Crippen LogP contribution in [0.4, 0.5) is 0 Å². The summed E-state index contributed by atoms with van der Waals surface area (Å²) in [6.07, 6.45) is 2.31. The molecule has 0 atom stereocenters. The highest BCUT2D eigenvalue weighted by atomic mass is 16.5. The van der Waals surface area contributed by atoms with Crippen LogP contribution in [-0.4, -0.2) is 25.7 Å². The fraction of sp³-hybridized carbons (Fsp3) is 0.474. The normalized spacial score (nSPS) is 13.4. The maximum absolute atomic E-state index is 12.6. The van der Waals surface area contributed by atoms with Crippen LogP contribution in [0, 0.1) is 11.3 Å². The van der Waals surface area contributed by atoms with E-state index in [4.69, 9.17) is 19.5 Å². The molecule has 134 valence electrons. The fourth-order valence-corrected chi connectivity index (χ4v) is 2.73. The minimum Gasteiger partial charge on any atom is -0.490 e. The van der Waals surface area contributed by atoms with Crippen LogP contribution in [0.15, 0.2) is 23.4 Å². The van der Waals surface area contributed by atoms with Crippen molar-refractivity contribution in [1.82, 2.24) is 5.32 Å². The van der Waals surface area contributed by atoms with Gasteiger partial charge in [0.1, 0.15) is 0 Å². The lowest BCUT2D eigenvalue weighted by molar-refractivity contribution is 0.0963. The Labute approximate surface area is 148 Å². The zero-order valence-corrected chi connectivity index (χ0v) is 15.0. The molecule has 0 bridgehead atoms. The fourth-order valence-electron chi connectivity index (χ4n) is 2.73. The number of nitrogens with zero attached hydrogens (tertiary/aromatic N) is 1. The summed E-state index contributed by atoms with van der Waals surface area (Å²) in [7, 11) is 0. The zero-order chi connectivity index (χ0) is 18.2. The summed E-state index contributed by atoms with van der Waals surface area (Å²) < 4.78 is 16.9. The van der Waals surface area contributed by atoms with Crippen molar-refractivity contribution < 1.29 is 19.0 Å². The van der Waals surface area contributed by atoms with E-state index in [-0.39, 0.29) is 5.91 Å². The van der Waals surface area contributed by atoms with E-state index in [2.05, 4.69) is 11.4 Å². The van der Waals surface area contributed by atoms with Gasteiger partial charge < -0.3 is 19.5 Å². The largest absolute Gasteiger partial charge is 0.490 e. The summed E-state index contributed by atoms with van der Waals surface area (Å²) in [5, 5.41) is 12.0. The minimum atomic E-state index is -0.283. The highest BCUT2D eigenvalue weighted by Crippen LogP contribution is 2.39. The van der Waals surface area contributed by atoms with Gasteiger partial charge in [-0.25, -0.2) is 0 Å². The number of carbonyl (C=O) groups is 1. The van der Waals surface area contributed by atoms with Crippen LogP contribution >= 0.6 is 0 Å². The van der Waals surface area contributed by atoms with Crippen LogP contribution in [-0.2, 0) is 0 Å². The van der Waals surface area contributed by atoms with Crippen LogP contribution in [0.5, 0.6) is 17.2 Å². The number of rotatable bonds is 8. The standard InChI is InChI=1S/C19H24N2O4/c1-4-23-16-10-14(11-17(24-5-2)18(16)25-6-3)19(22)21-15-9-7-8-13(15)12-20/h10-11H,4-9H2,1-3H3,(H,21,22). The number of hydrogen-bond donors (Lipinski definition) is 1. The van der Waals surface area contributed by atoms with E-state index in [1.807, 2.05) is 20.8 Å². The molecule has 0 fully saturated rings. The molecule has 0 heterocycles. The van der Waals surface area contributed by atoms with Gasteiger partial charge in [-0.1, -0.05) is 0 Å². The number of ether oxygens (including phenoxy) is 3. The third-order valence-corrected chi connectivity index (χ3v) is 3.79. The molecule has 1 N–H and O–H groups in total. The van der Waals surface area contributed by atoms with Crippen molar-refractivity contribution in [3.05, 3.63) is 29.0 Å². The molecule has 25 heavy (non-hydrogen) atoms. The Morgan fingerprint density at radius 2 is 1.68 bits per heavy atom. The molecular weight excluding hydrogens is 320 g/mol. The first-order chi connectivity index (χ1) is 12.1. The second kappa shape index (κ2) is 8.97. The van der Waals surface area contributed by atoms with E-state index >= 15 is 0 Å². The van der Waals surface area contributed by atoms with Gasteiger partial charge in [0.05, 0.1) is 25.9 Å². The molecule has 1 amide bonds. The molecule has 0 aromatic heterocycles. The molecule has 0 saturated heterocycles. The van der Waals surface area contributed by atoms with E-state index in [1.165, 1.54) is 0 Å². The highest BCUT2D eigenvalue weighted by molar-refractivity contribution is 5.96. The molecule has 6 heteroatoms. The zero-order valence-electron chi connectivity index (χ0n) is 15.0. The van der Waals surface area contributed by atoms with Gasteiger partial charge in [0.25, 0.3) is 5.91 Å². The van der Waals surface area contributed by atoms with Crippen molar-refractivity contribution in [1.29, 1.82) is 5.26 Å². The van der Waals surface area contributed by atoms with E-state index in [9.17, 15) is 4.79 Å². The predicted molar refractivity (Wildman–Crippen MR) is 93.9 cm³/mol. The van der Waals surface area contributed by atoms with E-state index in [1.54, 1.807) is 12.1 Å².